The lowest BCUT2D eigenvalue weighted by Gasteiger charge is -2.15. The summed E-state index contributed by atoms with van der Waals surface area (Å²) >= 11 is 0. The number of rotatable bonds is 2. The smallest absolute Gasteiger partial charge is 0.354 e. The molecule has 5 nitrogen and oxygen atoms in total. The largest absolute Gasteiger partial charge is 0.433 e. The van der Waals surface area contributed by atoms with E-state index in [0.717, 1.165) is 31.2 Å². The highest BCUT2D eigenvalue weighted by molar-refractivity contribution is 5.97. The molecule has 2 amide bonds. The normalized spacial score (nSPS) is 19.6. The van der Waals surface area contributed by atoms with Gasteiger partial charge in [0.15, 0.2) is 0 Å². The van der Waals surface area contributed by atoms with Gasteiger partial charge in [-0.2, -0.15) is 13.2 Å². The number of alkyl halides is 3. The molecule has 0 aromatic carbocycles. The molecule has 8 heteroatoms. The Bertz CT molecular complexity index is 528. The topological polar surface area (TPSA) is 71.1 Å². The van der Waals surface area contributed by atoms with Crippen LogP contribution in [0.25, 0.3) is 0 Å². The SMILES string of the molecule is O=C(N[C@H]1CCCCNC1=O)c1ccc(C(F)(F)F)nc1. The van der Waals surface area contributed by atoms with Crippen molar-refractivity contribution in [3.8, 4) is 0 Å². The second-order valence-electron chi connectivity index (χ2n) is 4.74. The van der Waals surface area contributed by atoms with E-state index in [1.807, 2.05) is 0 Å². The van der Waals surface area contributed by atoms with E-state index in [1.165, 1.54) is 0 Å². The molecule has 21 heavy (non-hydrogen) atoms. The summed E-state index contributed by atoms with van der Waals surface area (Å²) in [7, 11) is 0. The van der Waals surface area contributed by atoms with Gasteiger partial charge in [-0.25, -0.2) is 0 Å². The van der Waals surface area contributed by atoms with E-state index in [1.54, 1.807) is 0 Å². The number of carbonyl (C=O) groups excluding carboxylic acids is 2. The lowest BCUT2D eigenvalue weighted by atomic mass is 10.1. The summed E-state index contributed by atoms with van der Waals surface area (Å²) in [6.45, 7) is 0.563. The lowest BCUT2D eigenvalue weighted by Crippen LogP contribution is -2.45. The van der Waals surface area contributed by atoms with Gasteiger partial charge in [-0.05, 0) is 31.4 Å². The second-order valence-corrected chi connectivity index (χ2v) is 4.74. The van der Waals surface area contributed by atoms with Crippen molar-refractivity contribution in [2.45, 2.75) is 31.5 Å². The van der Waals surface area contributed by atoms with Crippen LogP contribution < -0.4 is 10.6 Å². The van der Waals surface area contributed by atoms with Crippen LogP contribution in [0.2, 0.25) is 0 Å². The fraction of sp³-hybridized carbons (Fsp3) is 0.462. The van der Waals surface area contributed by atoms with Crippen molar-refractivity contribution in [2.24, 2.45) is 0 Å². The number of halogens is 3. The van der Waals surface area contributed by atoms with Gasteiger partial charge >= 0.3 is 6.18 Å². The molecule has 0 aliphatic carbocycles. The van der Waals surface area contributed by atoms with Gasteiger partial charge in [-0.1, -0.05) is 0 Å². The Labute approximate surface area is 118 Å². The van der Waals surface area contributed by atoms with Gasteiger partial charge in [0, 0.05) is 12.7 Å². The number of carbonyl (C=O) groups is 2. The maximum absolute atomic E-state index is 12.4. The Kier molecular flexibility index (Phi) is 4.44. The van der Waals surface area contributed by atoms with E-state index in [-0.39, 0.29) is 11.5 Å². The number of hydrogen-bond donors (Lipinski definition) is 2. The molecule has 1 saturated heterocycles. The molecule has 1 fully saturated rings. The molecule has 1 aromatic rings. The summed E-state index contributed by atoms with van der Waals surface area (Å²) < 4.78 is 37.1. The number of hydrogen-bond acceptors (Lipinski definition) is 3. The molecular formula is C13H14F3N3O2. The molecule has 1 aliphatic heterocycles. The van der Waals surface area contributed by atoms with Crippen molar-refractivity contribution >= 4 is 11.8 Å². The van der Waals surface area contributed by atoms with Gasteiger partial charge in [0.1, 0.15) is 11.7 Å². The molecule has 2 rings (SSSR count). The van der Waals surface area contributed by atoms with Crippen LogP contribution >= 0.6 is 0 Å². The predicted octanol–water partition coefficient (Wildman–Crippen LogP) is 1.50. The minimum atomic E-state index is -4.55. The predicted molar refractivity (Wildman–Crippen MR) is 67.4 cm³/mol. The Morgan fingerprint density at radius 3 is 2.71 bits per heavy atom. The molecule has 0 unspecified atom stereocenters. The molecule has 0 radical (unpaired) electrons. The van der Waals surface area contributed by atoms with Crippen molar-refractivity contribution < 1.29 is 22.8 Å². The lowest BCUT2D eigenvalue weighted by molar-refractivity contribution is -0.141. The highest BCUT2D eigenvalue weighted by atomic mass is 19.4. The van der Waals surface area contributed by atoms with Gasteiger partial charge < -0.3 is 10.6 Å². The van der Waals surface area contributed by atoms with Crippen LogP contribution in [0, 0.1) is 0 Å². The number of pyridine rings is 1. The molecular weight excluding hydrogens is 287 g/mol. The molecule has 2 heterocycles. The average molecular weight is 301 g/mol. The number of aromatic nitrogens is 1. The van der Waals surface area contributed by atoms with Crippen molar-refractivity contribution in [3.05, 3.63) is 29.6 Å². The van der Waals surface area contributed by atoms with Crippen LogP contribution in [0.5, 0.6) is 0 Å². The summed E-state index contributed by atoms with van der Waals surface area (Å²) in [5, 5.41) is 5.17. The number of nitrogens with one attached hydrogen (secondary N) is 2. The van der Waals surface area contributed by atoms with E-state index in [4.69, 9.17) is 0 Å². The van der Waals surface area contributed by atoms with Crippen molar-refractivity contribution in [3.63, 3.8) is 0 Å². The number of nitrogens with zero attached hydrogens (tertiary/aromatic N) is 1. The van der Waals surface area contributed by atoms with Crippen molar-refractivity contribution in [1.82, 2.24) is 15.6 Å². The first-order valence-corrected chi connectivity index (χ1v) is 6.50. The van der Waals surface area contributed by atoms with Crippen molar-refractivity contribution in [2.75, 3.05) is 6.54 Å². The third-order valence-electron chi connectivity index (χ3n) is 3.16. The summed E-state index contributed by atoms with van der Waals surface area (Å²) in [4.78, 5) is 26.8. The van der Waals surface area contributed by atoms with Crippen LogP contribution in [-0.2, 0) is 11.0 Å². The summed E-state index contributed by atoms with van der Waals surface area (Å²) in [6, 6.07) is 1.12. The zero-order valence-corrected chi connectivity index (χ0v) is 11.0. The van der Waals surface area contributed by atoms with Crippen LogP contribution in [0.4, 0.5) is 13.2 Å². The molecule has 0 bridgehead atoms. The van der Waals surface area contributed by atoms with Gasteiger partial charge in [-0.3, -0.25) is 14.6 Å². The molecule has 0 spiro atoms. The maximum atomic E-state index is 12.4. The molecule has 1 atom stereocenters. The fourth-order valence-corrected chi connectivity index (χ4v) is 2.01. The first-order chi connectivity index (χ1) is 9.88. The third-order valence-corrected chi connectivity index (χ3v) is 3.16. The minimum absolute atomic E-state index is 0.0138. The Hall–Kier alpha value is -2.12. The van der Waals surface area contributed by atoms with E-state index in [0.29, 0.717) is 13.0 Å². The van der Waals surface area contributed by atoms with E-state index in [9.17, 15) is 22.8 Å². The zero-order chi connectivity index (χ0) is 15.5. The summed E-state index contributed by atoms with van der Waals surface area (Å²) in [5.74, 6) is -0.890. The first kappa shape index (κ1) is 15.3. The van der Waals surface area contributed by atoms with Crippen LogP contribution in [0.1, 0.15) is 35.3 Å². The fourth-order valence-electron chi connectivity index (χ4n) is 2.01. The summed E-state index contributed by atoms with van der Waals surface area (Å²) in [5.41, 5.74) is -1.08. The molecule has 0 saturated carbocycles. The molecule has 2 N–H and O–H groups in total. The third kappa shape index (κ3) is 3.93. The van der Waals surface area contributed by atoms with Gasteiger partial charge in [-0.15, -0.1) is 0 Å². The van der Waals surface area contributed by atoms with Gasteiger partial charge in [0.05, 0.1) is 5.56 Å². The Balaban J connectivity index is 2.04. The van der Waals surface area contributed by atoms with Crippen LogP contribution in [0.15, 0.2) is 18.3 Å². The molecule has 114 valence electrons. The zero-order valence-electron chi connectivity index (χ0n) is 11.0. The highest BCUT2D eigenvalue weighted by Gasteiger charge is 2.32. The van der Waals surface area contributed by atoms with Crippen LogP contribution in [-0.4, -0.2) is 29.4 Å². The standard InChI is InChI=1S/C13H14F3N3O2/c14-13(15,16)10-5-4-8(7-18-10)11(20)19-9-3-1-2-6-17-12(9)21/h4-5,7,9H,1-3,6H2,(H,17,21)(H,19,20)/t9-/m0/s1. The van der Waals surface area contributed by atoms with E-state index in [2.05, 4.69) is 15.6 Å². The number of amides is 2. The summed E-state index contributed by atoms with van der Waals surface area (Å²) in [6.07, 6.45) is -1.57. The molecule has 1 aromatic heterocycles. The van der Waals surface area contributed by atoms with Crippen molar-refractivity contribution in [1.29, 1.82) is 0 Å². The average Bonchev–Trinajstić information content (AvgIpc) is 2.63. The van der Waals surface area contributed by atoms with E-state index >= 15 is 0 Å². The monoisotopic (exact) mass is 301 g/mol. The first-order valence-electron chi connectivity index (χ1n) is 6.50. The molecule has 1 aliphatic rings. The second kappa shape index (κ2) is 6.11. The maximum Gasteiger partial charge on any atom is 0.433 e. The highest BCUT2D eigenvalue weighted by Crippen LogP contribution is 2.27. The quantitative estimate of drug-likeness (QED) is 0.869. The van der Waals surface area contributed by atoms with Crippen LogP contribution in [0.3, 0.4) is 0 Å². The minimum Gasteiger partial charge on any atom is -0.354 e. The Morgan fingerprint density at radius 2 is 2.10 bits per heavy atom. The Morgan fingerprint density at radius 1 is 1.33 bits per heavy atom. The van der Waals surface area contributed by atoms with Gasteiger partial charge in [0.25, 0.3) is 5.91 Å². The van der Waals surface area contributed by atoms with E-state index < -0.39 is 23.8 Å². The van der Waals surface area contributed by atoms with Gasteiger partial charge in [0.2, 0.25) is 5.91 Å².